The molecule has 0 aliphatic rings. The van der Waals surface area contributed by atoms with Crippen LogP contribution in [0.4, 0.5) is 10.1 Å². The van der Waals surface area contributed by atoms with Gasteiger partial charge in [0.1, 0.15) is 11.5 Å². The molecule has 0 amide bonds. The maximum atomic E-state index is 13.6. The summed E-state index contributed by atoms with van der Waals surface area (Å²) < 4.78 is 18.7. The van der Waals surface area contributed by atoms with Crippen molar-refractivity contribution in [1.29, 1.82) is 0 Å². The Balaban J connectivity index is 2.12. The van der Waals surface area contributed by atoms with Crippen molar-refractivity contribution in [3.63, 3.8) is 0 Å². The van der Waals surface area contributed by atoms with Gasteiger partial charge in [-0.25, -0.2) is 9.18 Å². The van der Waals surface area contributed by atoms with Gasteiger partial charge >= 0.3 is 5.97 Å². The van der Waals surface area contributed by atoms with Crippen molar-refractivity contribution in [2.75, 3.05) is 6.61 Å². The van der Waals surface area contributed by atoms with E-state index in [2.05, 4.69) is 9.98 Å². The van der Waals surface area contributed by atoms with E-state index in [-0.39, 0.29) is 12.3 Å². The second kappa shape index (κ2) is 7.25. The number of hydrogen-bond donors (Lipinski definition) is 1. The lowest BCUT2D eigenvalue weighted by molar-refractivity contribution is 0.0520. The maximum absolute atomic E-state index is 13.6. The molecule has 0 bridgehead atoms. The van der Waals surface area contributed by atoms with Crippen molar-refractivity contribution in [2.45, 2.75) is 6.92 Å². The Kier molecular flexibility index (Phi) is 5.06. The SMILES string of the molecule is CCOC(=O)c1[nH]c2ccc(F)cc2c1C=Nc1ccc(Cl)cc1Cl. The van der Waals surface area contributed by atoms with Crippen LogP contribution in [0.2, 0.25) is 10.0 Å². The number of aromatic amines is 1. The Morgan fingerprint density at radius 2 is 2.08 bits per heavy atom. The van der Waals surface area contributed by atoms with E-state index in [0.717, 1.165) is 0 Å². The molecule has 1 N–H and O–H groups in total. The van der Waals surface area contributed by atoms with Crippen molar-refractivity contribution >= 4 is 52.0 Å². The Morgan fingerprint density at radius 3 is 2.80 bits per heavy atom. The Labute approximate surface area is 153 Å². The number of rotatable bonds is 4. The van der Waals surface area contributed by atoms with E-state index in [9.17, 15) is 9.18 Å². The van der Waals surface area contributed by atoms with Gasteiger partial charge in [-0.1, -0.05) is 23.2 Å². The summed E-state index contributed by atoms with van der Waals surface area (Å²) >= 11 is 12.0. The summed E-state index contributed by atoms with van der Waals surface area (Å²) in [6, 6.07) is 9.07. The molecule has 0 radical (unpaired) electrons. The highest BCUT2D eigenvalue weighted by molar-refractivity contribution is 6.36. The third-order valence-electron chi connectivity index (χ3n) is 3.52. The van der Waals surface area contributed by atoms with E-state index < -0.39 is 11.8 Å². The molecule has 3 aromatic rings. The van der Waals surface area contributed by atoms with Gasteiger partial charge in [-0.3, -0.25) is 4.99 Å². The number of H-pyrrole nitrogens is 1. The number of nitrogens with zero attached hydrogens (tertiary/aromatic N) is 1. The highest BCUT2D eigenvalue weighted by Gasteiger charge is 2.18. The van der Waals surface area contributed by atoms with Crippen LogP contribution in [0, 0.1) is 5.82 Å². The molecular formula is C18H13Cl2FN2O2. The lowest BCUT2D eigenvalue weighted by Gasteiger charge is -2.01. The van der Waals surface area contributed by atoms with Gasteiger partial charge in [0.05, 0.1) is 17.3 Å². The molecule has 0 unspecified atom stereocenters. The Bertz CT molecular complexity index is 983. The number of carbonyl (C=O) groups is 1. The minimum Gasteiger partial charge on any atom is -0.461 e. The van der Waals surface area contributed by atoms with Crippen LogP contribution in [0.3, 0.4) is 0 Å². The molecule has 25 heavy (non-hydrogen) atoms. The minimum atomic E-state index is -0.539. The van der Waals surface area contributed by atoms with E-state index >= 15 is 0 Å². The normalized spacial score (nSPS) is 11.4. The first kappa shape index (κ1) is 17.5. The fraction of sp³-hybridized carbons (Fsp3) is 0.111. The molecule has 1 aromatic heterocycles. The summed E-state index contributed by atoms with van der Waals surface area (Å²) in [5.41, 5.74) is 1.72. The standard InChI is InChI=1S/C18H13Cl2FN2O2/c1-2-25-18(24)17-13(12-8-11(21)4-6-15(12)23-17)9-22-16-5-3-10(19)7-14(16)20/h3-9,23H,2H2,1H3. The topological polar surface area (TPSA) is 54.5 Å². The third kappa shape index (κ3) is 3.67. The van der Waals surface area contributed by atoms with Crippen LogP contribution in [0.1, 0.15) is 23.0 Å². The van der Waals surface area contributed by atoms with Crippen LogP contribution in [0.25, 0.3) is 10.9 Å². The minimum absolute atomic E-state index is 0.205. The highest BCUT2D eigenvalue weighted by Crippen LogP contribution is 2.29. The maximum Gasteiger partial charge on any atom is 0.355 e. The van der Waals surface area contributed by atoms with Gasteiger partial charge in [0.25, 0.3) is 0 Å². The van der Waals surface area contributed by atoms with Crippen molar-refractivity contribution in [3.05, 3.63) is 63.5 Å². The van der Waals surface area contributed by atoms with Gasteiger partial charge in [0.2, 0.25) is 0 Å². The largest absolute Gasteiger partial charge is 0.461 e. The lowest BCUT2D eigenvalue weighted by atomic mass is 10.1. The summed E-state index contributed by atoms with van der Waals surface area (Å²) in [5, 5.41) is 1.38. The number of nitrogens with one attached hydrogen (secondary N) is 1. The van der Waals surface area contributed by atoms with Crippen LogP contribution in [0.15, 0.2) is 41.4 Å². The van der Waals surface area contributed by atoms with E-state index in [1.165, 1.54) is 18.3 Å². The Morgan fingerprint density at radius 1 is 1.28 bits per heavy atom. The lowest BCUT2D eigenvalue weighted by Crippen LogP contribution is -2.07. The van der Waals surface area contributed by atoms with Gasteiger partial charge in [-0.2, -0.15) is 0 Å². The third-order valence-corrected chi connectivity index (χ3v) is 4.06. The number of benzene rings is 2. The van der Waals surface area contributed by atoms with Crippen molar-refractivity contribution in [1.82, 2.24) is 4.98 Å². The highest BCUT2D eigenvalue weighted by atomic mass is 35.5. The van der Waals surface area contributed by atoms with Crippen molar-refractivity contribution in [3.8, 4) is 0 Å². The Hall–Kier alpha value is -2.37. The zero-order valence-corrected chi connectivity index (χ0v) is 14.7. The monoisotopic (exact) mass is 378 g/mol. The summed E-state index contributed by atoms with van der Waals surface area (Å²) in [6.45, 7) is 1.93. The summed E-state index contributed by atoms with van der Waals surface area (Å²) in [5.74, 6) is -0.955. The van der Waals surface area contributed by atoms with Gasteiger partial charge in [0, 0.05) is 27.7 Å². The van der Waals surface area contributed by atoms with Crippen LogP contribution in [-0.4, -0.2) is 23.8 Å². The average molecular weight is 379 g/mol. The number of hydrogen-bond acceptors (Lipinski definition) is 3. The van der Waals surface area contributed by atoms with Crippen molar-refractivity contribution in [2.24, 2.45) is 4.99 Å². The molecule has 1 heterocycles. The van der Waals surface area contributed by atoms with Gasteiger partial charge < -0.3 is 9.72 Å². The molecule has 0 atom stereocenters. The van der Waals surface area contributed by atoms with E-state index in [4.69, 9.17) is 27.9 Å². The summed E-state index contributed by atoms with van der Waals surface area (Å²) in [6.07, 6.45) is 1.46. The first-order chi connectivity index (χ1) is 12.0. The predicted octanol–water partition coefficient (Wildman–Crippen LogP) is 5.54. The molecule has 0 saturated heterocycles. The zero-order chi connectivity index (χ0) is 18.0. The van der Waals surface area contributed by atoms with Crippen LogP contribution < -0.4 is 0 Å². The van der Waals surface area contributed by atoms with E-state index in [1.807, 2.05) is 0 Å². The molecular weight excluding hydrogens is 366 g/mol. The van der Waals surface area contributed by atoms with E-state index in [1.54, 1.807) is 31.2 Å². The molecule has 0 saturated carbocycles. The van der Waals surface area contributed by atoms with Crippen molar-refractivity contribution < 1.29 is 13.9 Å². The smallest absolute Gasteiger partial charge is 0.355 e. The van der Waals surface area contributed by atoms with Gasteiger partial charge in [-0.05, 0) is 43.3 Å². The van der Waals surface area contributed by atoms with Crippen LogP contribution in [0.5, 0.6) is 0 Å². The molecule has 0 spiro atoms. The zero-order valence-electron chi connectivity index (χ0n) is 13.1. The van der Waals surface area contributed by atoms with Crippen LogP contribution in [-0.2, 0) is 4.74 Å². The number of aromatic nitrogens is 1. The molecule has 0 aliphatic heterocycles. The number of ether oxygens (including phenoxy) is 1. The van der Waals surface area contributed by atoms with Gasteiger partial charge in [0.15, 0.2) is 0 Å². The molecule has 7 heteroatoms. The summed E-state index contributed by atoms with van der Waals surface area (Å²) in [7, 11) is 0. The number of carbonyl (C=O) groups excluding carboxylic acids is 1. The molecule has 4 nitrogen and oxygen atoms in total. The molecule has 128 valence electrons. The fourth-order valence-corrected chi connectivity index (χ4v) is 2.86. The first-order valence-electron chi connectivity index (χ1n) is 7.47. The number of esters is 1. The number of fused-ring (bicyclic) bond motifs is 1. The van der Waals surface area contributed by atoms with E-state index in [0.29, 0.717) is 32.2 Å². The van der Waals surface area contributed by atoms with Gasteiger partial charge in [-0.15, -0.1) is 0 Å². The second-order valence-corrected chi connectivity index (χ2v) is 6.02. The molecule has 3 rings (SSSR count). The van der Waals surface area contributed by atoms with Crippen LogP contribution >= 0.6 is 23.2 Å². The number of aliphatic imine (C=N–C) groups is 1. The first-order valence-corrected chi connectivity index (χ1v) is 8.22. The second-order valence-electron chi connectivity index (χ2n) is 5.18. The quantitative estimate of drug-likeness (QED) is 0.478. The predicted molar refractivity (Wildman–Crippen MR) is 97.9 cm³/mol. The molecule has 0 aliphatic carbocycles. The average Bonchev–Trinajstić information content (AvgIpc) is 2.92. The summed E-state index contributed by atoms with van der Waals surface area (Å²) in [4.78, 5) is 19.4. The molecule has 2 aromatic carbocycles. The molecule has 0 fully saturated rings. The fourth-order valence-electron chi connectivity index (χ4n) is 2.40. The number of halogens is 3.